The Kier molecular flexibility index (Phi) is 6.33. The van der Waals surface area contributed by atoms with Crippen LogP contribution in [0.5, 0.6) is 0 Å². The standard InChI is InChI=1S/C14H19FN5O9P/c1-2-27-12(23)13(30(24,25)26)28-3-5-7(21)8(22)11(29-5)20-4-17-6-9(16)18-14(15)19-10(6)20/h4-5,7-8,11,13,21-22H,2-3H2,1H3,(H2,16,18,19)(H2,24,25,26)/t5-,7-,8-,11?,13+/m1/s1. The molecule has 0 saturated carbocycles. The van der Waals surface area contributed by atoms with E-state index >= 15 is 0 Å². The Morgan fingerprint density at radius 3 is 2.73 bits per heavy atom. The number of anilines is 1. The molecule has 0 amide bonds. The topological polar surface area (TPSA) is 212 Å². The second-order valence-electron chi connectivity index (χ2n) is 6.28. The smallest absolute Gasteiger partial charge is 0.365 e. The molecule has 1 aliphatic rings. The number of aliphatic hydroxyl groups excluding tert-OH is 2. The zero-order valence-electron chi connectivity index (χ0n) is 15.4. The SMILES string of the molecule is CCOC(=O)[C@@H](OC[C@H]1OC(n2cnc3c(N)nc(F)nc32)[C@H](O)[C@@H]1O)P(=O)(O)O. The number of nitrogen functional groups attached to an aromatic ring is 1. The highest BCUT2D eigenvalue weighted by Gasteiger charge is 2.46. The Morgan fingerprint density at radius 2 is 2.10 bits per heavy atom. The number of nitrogens with zero attached hydrogens (tertiary/aromatic N) is 4. The zero-order chi connectivity index (χ0) is 22.2. The predicted molar refractivity (Wildman–Crippen MR) is 94.0 cm³/mol. The molecule has 2 aromatic rings. The summed E-state index contributed by atoms with van der Waals surface area (Å²) in [4.78, 5) is 41.1. The lowest BCUT2D eigenvalue weighted by molar-refractivity contribution is -0.155. The van der Waals surface area contributed by atoms with Crippen LogP contribution < -0.4 is 5.73 Å². The molecule has 1 saturated heterocycles. The molecule has 0 spiro atoms. The average Bonchev–Trinajstić information content (AvgIpc) is 3.17. The number of aliphatic hydroxyl groups is 2. The summed E-state index contributed by atoms with van der Waals surface area (Å²) < 4.78 is 41.1. The maximum absolute atomic E-state index is 13.5. The molecule has 16 heteroatoms. The van der Waals surface area contributed by atoms with Crippen molar-refractivity contribution in [3.63, 3.8) is 0 Å². The first kappa shape index (κ1) is 22.4. The van der Waals surface area contributed by atoms with Gasteiger partial charge in [0, 0.05) is 0 Å². The third kappa shape index (κ3) is 4.27. The molecule has 1 fully saturated rings. The van der Waals surface area contributed by atoms with Gasteiger partial charge in [-0.1, -0.05) is 0 Å². The fourth-order valence-electron chi connectivity index (χ4n) is 2.90. The first-order chi connectivity index (χ1) is 14.0. The first-order valence-electron chi connectivity index (χ1n) is 8.55. The van der Waals surface area contributed by atoms with Crippen molar-refractivity contribution >= 4 is 30.5 Å². The number of hydrogen-bond acceptors (Lipinski definition) is 11. The molecule has 14 nitrogen and oxygen atoms in total. The Labute approximate surface area is 167 Å². The number of esters is 1. The number of hydrogen-bond donors (Lipinski definition) is 5. The van der Waals surface area contributed by atoms with Crippen molar-refractivity contribution in [3.8, 4) is 0 Å². The molecule has 5 atom stereocenters. The number of ether oxygens (including phenoxy) is 3. The fourth-order valence-corrected chi connectivity index (χ4v) is 3.53. The lowest BCUT2D eigenvalue weighted by Crippen LogP contribution is -2.36. The first-order valence-corrected chi connectivity index (χ1v) is 10.2. The van der Waals surface area contributed by atoms with Gasteiger partial charge in [-0.3, -0.25) is 9.13 Å². The largest absolute Gasteiger partial charge is 0.464 e. The van der Waals surface area contributed by atoms with Crippen molar-refractivity contribution in [2.45, 2.75) is 37.3 Å². The van der Waals surface area contributed by atoms with E-state index < -0.39 is 56.6 Å². The summed E-state index contributed by atoms with van der Waals surface area (Å²) in [6.45, 7) is 0.618. The molecule has 0 aliphatic carbocycles. The minimum atomic E-state index is -5.04. The molecule has 30 heavy (non-hydrogen) atoms. The van der Waals surface area contributed by atoms with E-state index in [0.29, 0.717) is 0 Å². The molecule has 3 rings (SSSR count). The van der Waals surface area contributed by atoms with Crippen LogP contribution in [0.25, 0.3) is 11.2 Å². The van der Waals surface area contributed by atoms with Gasteiger partial charge in [-0.05, 0) is 6.92 Å². The summed E-state index contributed by atoms with van der Waals surface area (Å²) in [5.41, 5.74) is 5.49. The summed E-state index contributed by atoms with van der Waals surface area (Å²) in [5, 5.41) is 20.6. The van der Waals surface area contributed by atoms with E-state index in [4.69, 9.17) is 15.2 Å². The number of rotatable bonds is 7. The molecule has 0 aromatic carbocycles. The highest BCUT2D eigenvalue weighted by molar-refractivity contribution is 7.53. The molecule has 1 unspecified atom stereocenters. The Bertz CT molecular complexity index is 984. The van der Waals surface area contributed by atoms with Crippen LogP contribution in [0.15, 0.2) is 6.33 Å². The molecule has 0 bridgehead atoms. The molecular weight excluding hydrogens is 432 g/mol. The van der Waals surface area contributed by atoms with Crippen LogP contribution in [0.2, 0.25) is 0 Å². The third-order valence-corrected chi connectivity index (χ3v) is 5.22. The van der Waals surface area contributed by atoms with Crippen molar-refractivity contribution in [1.29, 1.82) is 0 Å². The normalized spacial score (nSPS) is 25.5. The van der Waals surface area contributed by atoms with Crippen LogP contribution in [-0.4, -0.2) is 82.9 Å². The summed E-state index contributed by atoms with van der Waals surface area (Å²) in [6.07, 6.45) is -5.80. The van der Waals surface area contributed by atoms with Crippen LogP contribution in [-0.2, 0) is 23.6 Å². The fraction of sp³-hybridized carbons (Fsp3) is 0.571. The zero-order valence-corrected chi connectivity index (χ0v) is 16.3. The molecule has 0 radical (unpaired) electrons. The summed E-state index contributed by atoms with van der Waals surface area (Å²) >= 11 is 0. The van der Waals surface area contributed by atoms with Crippen LogP contribution in [0.4, 0.5) is 10.2 Å². The molecule has 3 heterocycles. The number of halogens is 1. The van der Waals surface area contributed by atoms with Gasteiger partial charge < -0.3 is 39.9 Å². The van der Waals surface area contributed by atoms with Gasteiger partial charge in [0.05, 0.1) is 19.5 Å². The molecule has 1 aliphatic heterocycles. The second-order valence-corrected chi connectivity index (χ2v) is 7.92. The van der Waals surface area contributed by atoms with Crippen molar-refractivity contribution in [2.24, 2.45) is 0 Å². The van der Waals surface area contributed by atoms with E-state index in [-0.39, 0.29) is 23.6 Å². The Hall–Kier alpha value is -2.26. The predicted octanol–water partition coefficient (Wildman–Crippen LogP) is -1.75. The number of fused-ring (bicyclic) bond motifs is 1. The highest BCUT2D eigenvalue weighted by Crippen LogP contribution is 2.43. The van der Waals surface area contributed by atoms with Crippen LogP contribution >= 0.6 is 7.60 Å². The number of aromatic nitrogens is 4. The molecule has 6 N–H and O–H groups in total. The van der Waals surface area contributed by atoms with E-state index in [1.165, 1.54) is 6.92 Å². The van der Waals surface area contributed by atoms with Crippen LogP contribution in [0, 0.1) is 6.08 Å². The van der Waals surface area contributed by atoms with Gasteiger partial charge in [0.2, 0.25) is 0 Å². The number of imidazole rings is 1. The monoisotopic (exact) mass is 451 g/mol. The van der Waals surface area contributed by atoms with Crippen LogP contribution in [0.1, 0.15) is 13.2 Å². The second kappa shape index (κ2) is 8.47. The summed E-state index contributed by atoms with van der Waals surface area (Å²) in [7, 11) is -5.04. The van der Waals surface area contributed by atoms with Gasteiger partial charge in [-0.25, -0.2) is 9.78 Å². The van der Waals surface area contributed by atoms with E-state index in [1.807, 2.05) is 0 Å². The lowest BCUT2D eigenvalue weighted by Gasteiger charge is -2.20. The maximum atomic E-state index is 13.5. The maximum Gasteiger partial charge on any atom is 0.365 e. The van der Waals surface area contributed by atoms with Gasteiger partial charge in [0.15, 0.2) is 23.2 Å². The van der Waals surface area contributed by atoms with Gasteiger partial charge in [0.1, 0.15) is 18.3 Å². The summed E-state index contributed by atoms with van der Waals surface area (Å²) in [6, 6.07) is 0. The number of carbonyl (C=O) groups is 1. The van der Waals surface area contributed by atoms with Crippen molar-refractivity contribution in [1.82, 2.24) is 19.5 Å². The van der Waals surface area contributed by atoms with E-state index in [1.54, 1.807) is 0 Å². The Balaban J connectivity index is 1.79. The van der Waals surface area contributed by atoms with Gasteiger partial charge in [0.25, 0.3) is 5.85 Å². The average molecular weight is 451 g/mol. The Morgan fingerprint density at radius 1 is 1.40 bits per heavy atom. The van der Waals surface area contributed by atoms with Gasteiger partial charge in [-0.15, -0.1) is 0 Å². The van der Waals surface area contributed by atoms with Crippen molar-refractivity contribution in [2.75, 3.05) is 18.9 Å². The van der Waals surface area contributed by atoms with E-state index in [2.05, 4.69) is 19.7 Å². The quantitative estimate of drug-likeness (QED) is 0.180. The minimum Gasteiger partial charge on any atom is -0.464 e. The van der Waals surface area contributed by atoms with E-state index in [9.17, 15) is 33.7 Å². The summed E-state index contributed by atoms with van der Waals surface area (Å²) in [5.74, 6) is -3.78. The van der Waals surface area contributed by atoms with Crippen molar-refractivity contribution < 1.29 is 48.0 Å². The van der Waals surface area contributed by atoms with Gasteiger partial charge in [-0.2, -0.15) is 14.4 Å². The van der Waals surface area contributed by atoms with Crippen LogP contribution in [0.3, 0.4) is 0 Å². The third-order valence-electron chi connectivity index (χ3n) is 4.24. The highest BCUT2D eigenvalue weighted by atomic mass is 31.2. The number of nitrogens with two attached hydrogens (primary N) is 1. The van der Waals surface area contributed by atoms with Gasteiger partial charge >= 0.3 is 19.6 Å². The molecular formula is C14H19FN5O9P. The number of carbonyl (C=O) groups excluding carboxylic acids is 1. The molecule has 2 aromatic heterocycles. The minimum absolute atomic E-state index is 0.0327. The van der Waals surface area contributed by atoms with Crippen molar-refractivity contribution in [3.05, 3.63) is 12.4 Å². The lowest BCUT2D eigenvalue weighted by atomic mass is 10.1. The van der Waals surface area contributed by atoms with E-state index in [0.717, 1.165) is 10.9 Å². The molecule has 166 valence electrons.